The minimum absolute atomic E-state index is 0.246. The number of nitrogens with zero attached hydrogens (tertiary/aromatic N) is 1. The smallest absolute Gasteiger partial charge is 0.0526 e. The molecule has 0 aromatic carbocycles. The molecule has 15 heavy (non-hydrogen) atoms. The Bertz CT molecular complexity index is 350. The highest BCUT2D eigenvalue weighted by atomic mass is 79.9. The van der Waals surface area contributed by atoms with Crippen LogP contribution in [0.5, 0.6) is 0 Å². The summed E-state index contributed by atoms with van der Waals surface area (Å²) in [7, 11) is 0. The van der Waals surface area contributed by atoms with Crippen LogP contribution in [0.25, 0.3) is 0 Å². The zero-order chi connectivity index (χ0) is 11.1. The molecule has 0 radical (unpaired) electrons. The van der Waals surface area contributed by atoms with Gasteiger partial charge in [-0.05, 0) is 27.4 Å². The van der Waals surface area contributed by atoms with E-state index in [0.29, 0.717) is 0 Å². The summed E-state index contributed by atoms with van der Waals surface area (Å²) in [6.07, 6.45) is 0. The first-order valence-electron chi connectivity index (χ1n) is 5.07. The lowest BCUT2D eigenvalue weighted by Gasteiger charge is -2.20. The van der Waals surface area contributed by atoms with E-state index in [2.05, 4.69) is 46.1 Å². The van der Waals surface area contributed by atoms with Gasteiger partial charge in [0, 0.05) is 34.4 Å². The Hall–Kier alpha value is 0.430. The number of thiophene rings is 1. The van der Waals surface area contributed by atoms with Gasteiger partial charge in [-0.2, -0.15) is 0 Å². The highest BCUT2D eigenvalue weighted by molar-refractivity contribution is 9.10. The van der Waals surface area contributed by atoms with E-state index in [1.165, 1.54) is 9.35 Å². The molecule has 0 N–H and O–H groups in total. The van der Waals surface area contributed by atoms with Crippen LogP contribution in [0.2, 0.25) is 0 Å². The van der Waals surface area contributed by atoms with E-state index in [1.807, 2.05) is 0 Å². The maximum Gasteiger partial charge on any atom is 0.0526 e. The molecule has 1 aromatic heterocycles. The maximum absolute atomic E-state index is 6.32. The fourth-order valence-electron chi connectivity index (χ4n) is 1.99. The van der Waals surface area contributed by atoms with Crippen molar-refractivity contribution < 1.29 is 0 Å². The molecule has 0 bridgehead atoms. The molecule has 2 heterocycles. The van der Waals surface area contributed by atoms with Crippen molar-refractivity contribution in [1.82, 2.24) is 4.90 Å². The number of hydrogen-bond donors (Lipinski definition) is 0. The predicted octanol–water partition coefficient (Wildman–Crippen LogP) is 3.96. The quantitative estimate of drug-likeness (QED) is 0.748. The van der Waals surface area contributed by atoms with E-state index >= 15 is 0 Å². The van der Waals surface area contributed by atoms with Gasteiger partial charge in [0.2, 0.25) is 0 Å². The molecular formula is C11H15BrClNS. The van der Waals surface area contributed by atoms with Crippen LogP contribution in [0.15, 0.2) is 15.9 Å². The number of likely N-dealkylation sites (tertiary alicyclic amines) is 1. The standard InChI is InChI=1S/C11H15BrClNS/c1-11(2)7-14(5-10(11)13)4-9-3-8(12)6-15-9/h3,6,10H,4-5,7H2,1-2H3. The summed E-state index contributed by atoms with van der Waals surface area (Å²) < 4.78 is 1.18. The zero-order valence-electron chi connectivity index (χ0n) is 8.96. The van der Waals surface area contributed by atoms with Gasteiger partial charge < -0.3 is 0 Å². The summed E-state index contributed by atoms with van der Waals surface area (Å²) in [5, 5.41) is 2.41. The van der Waals surface area contributed by atoms with Crippen molar-refractivity contribution in [2.45, 2.75) is 25.8 Å². The van der Waals surface area contributed by atoms with Crippen molar-refractivity contribution in [3.8, 4) is 0 Å². The minimum Gasteiger partial charge on any atom is -0.296 e. The highest BCUT2D eigenvalue weighted by Gasteiger charge is 2.37. The Morgan fingerprint density at radius 1 is 1.67 bits per heavy atom. The van der Waals surface area contributed by atoms with Gasteiger partial charge in [-0.3, -0.25) is 4.90 Å². The van der Waals surface area contributed by atoms with E-state index < -0.39 is 0 Å². The van der Waals surface area contributed by atoms with Crippen LogP contribution < -0.4 is 0 Å². The molecule has 1 aliphatic rings. The van der Waals surface area contributed by atoms with Gasteiger partial charge >= 0.3 is 0 Å². The second kappa shape index (κ2) is 4.36. The lowest BCUT2D eigenvalue weighted by Crippen LogP contribution is -2.23. The van der Waals surface area contributed by atoms with Gasteiger partial charge in [0.1, 0.15) is 0 Å². The lowest BCUT2D eigenvalue weighted by molar-refractivity contribution is 0.287. The summed E-state index contributed by atoms with van der Waals surface area (Å²) >= 11 is 11.6. The largest absolute Gasteiger partial charge is 0.296 e. The molecule has 1 nitrogen and oxygen atoms in total. The third kappa shape index (κ3) is 2.76. The molecule has 1 atom stereocenters. The molecule has 1 saturated heterocycles. The molecule has 0 saturated carbocycles. The van der Waals surface area contributed by atoms with Crippen LogP contribution in [0.1, 0.15) is 18.7 Å². The Labute approximate surface area is 109 Å². The molecule has 0 spiro atoms. The maximum atomic E-state index is 6.32. The third-order valence-electron chi connectivity index (χ3n) is 2.90. The van der Waals surface area contributed by atoms with E-state index in [4.69, 9.17) is 11.6 Å². The molecule has 1 unspecified atom stereocenters. The molecular weight excluding hydrogens is 294 g/mol. The van der Waals surface area contributed by atoms with E-state index in [9.17, 15) is 0 Å². The minimum atomic E-state index is 0.246. The predicted molar refractivity (Wildman–Crippen MR) is 70.7 cm³/mol. The van der Waals surface area contributed by atoms with Gasteiger partial charge in [-0.25, -0.2) is 0 Å². The van der Waals surface area contributed by atoms with E-state index in [-0.39, 0.29) is 10.8 Å². The van der Waals surface area contributed by atoms with Crippen molar-refractivity contribution in [3.63, 3.8) is 0 Å². The Morgan fingerprint density at radius 2 is 2.40 bits per heavy atom. The van der Waals surface area contributed by atoms with Gasteiger partial charge in [0.15, 0.2) is 0 Å². The molecule has 0 amide bonds. The first-order chi connectivity index (χ1) is 6.97. The number of alkyl halides is 1. The number of hydrogen-bond acceptors (Lipinski definition) is 2. The first-order valence-corrected chi connectivity index (χ1v) is 7.17. The fraction of sp³-hybridized carbons (Fsp3) is 0.636. The average Bonchev–Trinajstić information content (AvgIpc) is 2.59. The van der Waals surface area contributed by atoms with Crippen molar-refractivity contribution in [3.05, 3.63) is 20.8 Å². The van der Waals surface area contributed by atoms with Crippen LogP contribution in [-0.4, -0.2) is 23.4 Å². The summed E-state index contributed by atoms with van der Waals surface area (Å²) in [4.78, 5) is 3.85. The molecule has 4 heteroatoms. The Balaban J connectivity index is 1.98. The molecule has 1 fully saturated rings. The SMILES string of the molecule is CC1(C)CN(Cc2cc(Br)cs2)CC1Cl. The zero-order valence-corrected chi connectivity index (χ0v) is 12.1. The number of halogens is 2. The normalized spacial score (nSPS) is 26.0. The molecule has 1 aliphatic heterocycles. The van der Waals surface area contributed by atoms with Crippen molar-refractivity contribution >= 4 is 38.9 Å². The van der Waals surface area contributed by atoms with E-state index in [0.717, 1.165) is 19.6 Å². The summed E-state index contributed by atoms with van der Waals surface area (Å²) in [5.41, 5.74) is 0.246. The van der Waals surface area contributed by atoms with Crippen molar-refractivity contribution in [2.24, 2.45) is 5.41 Å². The summed E-state index contributed by atoms with van der Waals surface area (Å²) in [5.74, 6) is 0. The van der Waals surface area contributed by atoms with Gasteiger partial charge in [0.25, 0.3) is 0 Å². The Kier molecular flexibility index (Phi) is 3.46. The van der Waals surface area contributed by atoms with Crippen LogP contribution in [-0.2, 0) is 6.54 Å². The van der Waals surface area contributed by atoms with Gasteiger partial charge in [-0.1, -0.05) is 13.8 Å². The molecule has 1 aromatic rings. The van der Waals surface area contributed by atoms with Crippen LogP contribution in [0, 0.1) is 5.41 Å². The third-order valence-corrected chi connectivity index (χ3v) is 5.31. The summed E-state index contributed by atoms with van der Waals surface area (Å²) in [6, 6.07) is 2.19. The van der Waals surface area contributed by atoms with Crippen LogP contribution in [0.4, 0.5) is 0 Å². The molecule has 0 aliphatic carbocycles. The van der Waals surface area contributed by atoms with Crippen molar-refractivity contribution in [1.29, 1.82) is 0 Å². The average molecular weight is 309 g/mol. The molecule has 84 valence electrons. The van der Waals surface area contributed by atoms with Gasteiger partial charge in [-0.15, -0.1) is 22.9 Å². The number of rotatable bonds is 2. The van der Waals surface area contributed by atoms with Crippen LogP contribution >= 0.6 is 38.9 Å². The fourth-order valence-corrected chi connectivity index (χ4v) is 3.75. The second-order valence-electron chi connectivity index (χ2n) is 4.86. The topological polar surface area (TPSA) is 3.24 Å². The van der Waals surface area contributed by atoms with Gasteiger partial charge in [0.05, 0.1) is 5.38 Å². The van der Waals surface area contributed by atoms with Crippen LogP contribution in [0.3, 0.4) is 0 Å². The Morgan fingerprint density at radius 3 is 2.87 bits per heavy atom. The monoisotopic (exact) mass is 307 g/mol. The lowest BCUT2D eigenvalue weighted by atomic mass is 9.92. The molecule has 2 rings (SSSR count). The highest BCUT2D eigenvalue weighted by Crippen LogP contribution is 2.35. The van der Waals surface area contributed by atoms with Crippen molar-refractivity contribution in [2.75, 3.05) is 13.1 Å². The first kappa shape index (κ1) is 11.9. The van der Waals surface area contributed by atoms with E-state index in [1.54, 1.807) is 11.3 Å². The summed E-state index contributed by atoms with van der Waals surface area (Å²) in [6.45, 7) is 7.62. The second-order valence-corrected chi connectivity index (χ2v) is 7.30.